The van der Waals surface area contributed by atoms with Crippen molar-refractivity contribution in [2.75, 3.05) is 11.4 Å². The SMILES string of the molecule is C[C@H]1CCc2ccccc2N1CC(=O)NC(=O)NC1CCCC1. The Morgan fingerprint density at radius 3 is 2.70 bits per heavy atom. The van der Waals surface area contributed by atoms with Crippen LogP contribution in [0.15, 0.2) is 24.3 Å². The van der Waals surface area contributed by atoms with Crippen molar-refractivity contribution in [3.8, 4) is 0 Å². The summed E-state index contributed by atoms with van der Waals surface area (Å²) in [6.45, 7) is 2.35. The molecule has 2 aliphatic rings. The molecule has 0 spiro atoms. The molecule has 1 aliphatic heterocycles. The van der Waals surface area contributed by atoms with Gasteiger partial charge in [0.25, 0.3) is 0 Å². The van der Waals surface area contributed by atoms with Gasteiger partial charge in [-0.2, -0.15) is 0 Å². The zero-order chi connectivity index (χ0) is 16.2. The second-order valence-corrected chi connectivity index (χ2v) is 6.65. The summed E-state index contributed by atoms with van der Waals surface area (Å²) in [4.78, 5) is 26.2. The minimum Gasteiger partial charge on any atom is -0.359 e. The van der Waals surface area contributed by atoms with Gasteiger partial charge in [-0.15, -0.1) is 0 Å². The number of nitrogens with zero attached hydrogens (tertiary/aromatic N) is 1. The smallest absolute Gasteiger partial charge is 0.321 e. The first kappa shape index (κ1) is 15.8. The molecule has 5 heteroatoms. The highest BCUT2D eigenvalue weighted by Crippen LogP contribution is 2.29. The molecule has 3 amide bonds. The number of urea groups is 1. The van der Waals surface area contributed by atoms with Gasteiger partial charge in [-0.1, -0.05) is 31.0 Å². The minimum atomic E-state index is -0.361. The summed E-state index contributed by atoms with van der Waals surface area (Å²) < 4.78 is 0. The Labute approximate surface area is 137 Å². The average Bonchev–Trinajstić information content (AvgIpc) is 3.03. The fourth-order valence-corrected chi connectivity index (χ4v) is 3.61. The topological polar surface area (TPSA) is 61.4 Å². The van der Waals surface area contributed by atoms with Crippen LogP contribution in [0.4, 0.5) is 10.5 Å². The van der Waals surface area contributed by atoms with Crippen LogP contribution >= 0.6 is 0 Å². The normalized spacial score (nSPS) is 20.9. The Bertz CT molecular complexity index is 581. The lowest BCUT2D eigenvalue weighted by atomic mass is 9.97. The molecule has 1 aliphatic carbocycles. The van der Waals surface area contributed by atoms with Crippen LogP contribution in [0, 0.1) is 0 Å². The van der Waals surface area contributed by atoms with E-state index in [-0.39, 0.29) is 24.5 Å². The lowest BCUT2D eigenvalue weighted by Crippen LogP contribution is -2.49. The standard InChI is InChI=1S/C18H25N3O2/c1-13-10-11-14-6-2-5-9-16(14)21(13)12-17(22)20-18(23)19-15-7-3-4-8-15/h2,5-6,9,13,15H,3-4,7-8,10-12H2,1H3,(H2,19,20,22,23)/t13-/m0/s1. The predicted octanol–water partition coefficient (Wildman–Crippen LogP) is 2.60. The number of anilines is 1. The third-order valence-electron chi connectivity index (χ3n) is 4.92. The molecule has 0 radical (unpaired) electrons. The van der Waals surface area contributed by atoms with Crippen molar-refractivity contribution < 1.29 is 9.59 Å². The molecule has 124 valence electrons. The van der Waals surface area contributed by atoms with E-state index in [2.05, 4.69) is 34.6 Å². The van der Waals surface area contributed by atoms with E-state index in [0.29, 0.717) is 6.04 Å². The third kappa shape index (κ3) is 3.84. The first-order chi connectivity index (χ1) is 11.1. The minimum absolute atomic E-state index is 0.219. The van der Waals surface area contributed by atoms with E-state index < -0.39 is 0 Å². The molecule has 1 atom stereocenters. The Morgan fingerprint density at radius 1 is 1.17 bits per heavy atom. The molecule has 23 heavy (non-hydrogen) atoms. The van der Waals surface area contributed by atoms with Gasteiger partial charge in [0.1, 0.15) is 0 Å². The van der Waals surface area contributed by atoms with Crippen LogP contribution in [0.5, 0.6) is 0 Å². The number of rotatable bonds is 3. The highest BCUT2D eigenvalue weighted by molar-refractivity contribution is 5.96. The van der Waals surface area contributed by atoms with Crippen LogP contribution in [0.3, 0.4) is 0 Å². The van der Waals surface area contributed by atoms with Crippen LogP contribution in [-0.4, -0.2) is 30.6 Å². The second kappa shape index (κ2) is 7.02. The third-order valence-corrected chi connectivity index (χ3v) is 4.92. The van der Waals surface area contributed by atoms with Crippen molar-refractivity contribution in [3.63, 3.8) is 0 Å². The predicted molar refractivity (Wildman–Crippen MR) is 90.5 cm³/mol. The summed E-state index contributed by atoms with van der Waals surface area (Å²) in [6.07, 6.45) is 6.40. The van der Waals surface area contributed by atoms with Crippen LogP contribution in [0.1, 0.15) is 44.6 Å². The number of fused-ring (bicyclic) bond motifs is 1. The van der Waals surface area contributed by atoms with E-state index in [9.17, 15) is 9.59 Å². The molecular formula is C18H25N3O2. The molecule has 0 bridgehead atoms. The Morgan fingerprint density at radius 2 is 1.91 bits per heavy atom. The molecule has 1 aromatic rings. The van der Waals surface area contributed by atoms with Crippen LogP contribution in [0.25, 0.3) is 0 Å². The largest absolute Gasteiger partial charge is 0.359 e. The molecule has 0 aromatic heterocycles. The van der Waals surface area contributed by atoms with Gasteiger partial charge < -0.3 is 10.2 Å². The van der Waals surface area contributed by atoms with Gasteiger partial charge >= 0.3 is 6.03 Å². The van der Waals surface area contributed by atoms with Crippen molar-refractivity contribution in [1.29, 1.82) is 0 Å². The van der Waals surface area contributed by atoms with Crippen molar-refractivity contribution in [2.24, 2.45) is 0 Å². The number of hydrogen-bond acceptors (Lipinski definition) is 3. The first-order valence-electron chi connectivity index (χ1n) is 8.58. The maximum atomic E-state index is 12.2. The van der Waals surface area contributed by atoms with Gasteiger partial charge in [-0.3, -0.25) is 10.1 Å². The van der Waals surface area contributed by atoms with Gasteiger partial charge in [-0.25, -0.2) is 4.79 Å². The van der Waals surface area contributed by atoms with Crippen LogP contribution in [0.2, 0.25) is 0 Å². The summed E-state index contributed by atoms with van der Waals surface area (Å²) in [7, 11) is 0. The van der Waals surface area contributed by atoms with E-state index in [0.717, 1.165) is 44.2 Å². The summed E-state index contributed by atoms with van der Waals surface area (Å²) in [5.74, 6) is -0.246. The highest BCUT2D eigenvalue weighted by atomic mass is 16.2. The van der Waals surface area contributed by atoms with E-state index in [4.69, 9.17) is 0 Å². The molecule has 3 rings (SSSR count). The average molecular weight is 315 g/mol. The Kier molecular flexibility index (Phi) is 4.84. The van der Waals surface area contributed by atoms with Crippen molar-refractivity contribution in [1.82, 2.24) is 10.6 Å². The summed E-state index contributed by atoms with van der Waals surface area (Å²) in [6, 6.07) is 8.35. The number of aryl methyl sites for hydroxylation is 1. The molecule has 5 nitrogen and oxygen atoms in total. The number of para-hydroxylation sites is 1. The Hall–Kier alpha value is -2.04. The molecular weight excluding hydrogens is 290 g/mol. The van der Waals surface area contributed by atoms with Gasteiger partial charge in [-0.05, 0) is 44.2 Å². The highest BCUT2D eigenvalue weighted by Gasteiger charge is 2.25. The number of nitrogens with one attached hydrogen (secondary N) is 2. The van der Waals surface area contributed by atoms with Crippen molar-refractivity contribution >= 4 is 17.6 Å². The summed E-state index contributed by atoms with van der Waals surface area (Å²) in [5, 5.41) is 5.36. The van der Waals surface area contributed by atoms with Gasteiger partial charge in [0.05, 0.1) is 6.54 Å². The molecule has 1 fully saturated rings. The molecule has 1 aromatic carbocycles. The number of benzene rings is 1. The monoisotopic (exact) mass is 315 g/mol. The number of hydrogen-bond donors (Lipinski definition) is 2. The van der Waals surface area contributed by atoms with E-state index >= 15 is 0 Å². The van der Waals surface area contributed by atoms with E-state index in [1.54, 1.807) is 0 Å². The fraction of sp³-hybridized carbons (Fsp3) is 0.556. The molecule has 0 saturated heterocycles. The molecule has 0 unspecified atom stereocenters. The van der Waals surface area contributed by atoms with Crippen LogP contribution < -0.4 is 15.5 Å². The number of carbonyl (C=O) groups is 2. The second-order valence-electron chi connectivity index (χ2n) is 6.65. The Balaban J connectivity index is 1.57. The van der Waals surface area contributed by atoms with Crippen molar-refractivity contribution in [2.45, 2.75) is 57.5 Å². The van der Waals surface area contributed by atoms with Gasteiger partial charge in [0.2, 0.25) is 5.91 Å². The van der Waals surface area contributed by atoms with E-state index in [1.165, 1.54) is 5.56 Å². The zero-order valence-electron chi connectivity index (χ0n) is 13.7. The zero-order valence-corrected chi connectivity index (χ0v) is 13.7. The number of amides is 3. The summed E-state index contributed by atoms with van der Waals surface area (Å²) >= 11 is 0. The fourth-order valence-electron chi connectivity index (χ4n) is 3.61. The number of imide groups is 1. The summed E-state index contributed by atoms with van der Waals surface area (Å²) in [5.41, 5.74) is 2.38. The molecule has 1 saturated carbocycles. The maximum absolute atomic E-state index is 12.2. The first-order valence-corrected chi connectivity index (χ1v) is 8.58. The van der Waals surface area contributed by atoms with Gasteiger partial charge in [0.15, 0.2) is 0 Å². The maximum Gasteiger partial charge on any atom is 0.321 e. The molecule has 2 N–H and O–H groups in total. The van der Waals surface area contributed by atoms with Crippen molar-refractivity contribution in [3.05, 3.63) is 29.8 Å². The lowest BCUT2D eigenvalue weighted by Gasteiger charge is -2.36. The number of carbonyl (C=O) groups excluding carboxylic acids is 2. The quantitative estimate of drug-likeness (QED) is 0.901. The lowest BCUT2D eigenvalue weighted by molar-refractivity contribution is -0.118. The van der Waals surface area contributed by atoms with Crippen LogP contribution in [-0.2, 0) is 11.2 Å². The molecule has 1 heterocycles. The van der Waals surface area contributed by atoms with Gasteiger partial charge in [0, 0.05) is 17.8 Å². The van der Waals surface area contributed by atoms with E-state index in [1.807, 2.05) is 12.1 Å².